The zero-order valence-electron chi connectivity index (χ0n) is 31.5. The molecule has 0 amide bonds. The maximum atomic E-state index is 9.44. The molecule has 0 saturated heterocycles. The molecule has 3 heteroatoms. The number of rotatable bonds is 7. The third kappa shape index (κ3) is 5.51. The highest BCUT2D eigenvalue weighted by Crippen LogP contribution is 2.43. The lowest BCUT2D eigenvalue weighted by Gasteiger charge is -2.27. The fourth-order valence-electron chi connectivity index (χ4n) is 8.85. The van der Waals surface area contributed by atoms with Gasteiger partial charge in [-0.15, -0.1) is 0 Å². The molecule has 11 aromatic rings. The fraction of sp³-hybridized carbons (Fsp3) is 0. The summed E-state index contributed by atoms with van der Waals surface area (Å²) >= 11 is 0. The topological polar surface area (TPSA) is 32.0 Å². The molecule has 0 spiro atoms. The van der Waals surface area contributed by atoms with E-state index in [1.165, 1.54) is 65.6 Å². The first-order chi connectivity index (χ1) is 28.7. The smallest absolute Gasteiger partial charge is 0.0991 e. The van der Waals surface area contributed by atoms with Crippen LogP contribution < -0.4 is 4.90 Å². The van der Waals surface area contributed by atoms with Gasteiger partial charge < -0.3 is 9.47 Å². The summed E-state index contributed by atoms with van der Waals surface area (Å²) < 4.78 is 2.40. The second-order valence-corrected chi connectivity index (χ2v) is 14.9. The molecule has 1 heterocycles. The van der Waals surface area contributed by atoms with Gasteiger partial charge in [-0.3, -0.25) is 0 Å². The molecule has 0 saturated carbocycles. The molecule has 0 aliphatic carbocycles. The van der Waals surface area contributed by atoms with Crippen molar-refractivity contribution in [2.75, 3.05) is 4.90 Å². The van der Waals surface area contributed by atoms with E-state index in [2.05, 4.69) is 198 Å². The summed E-state index contributed by atoms with van der Waals surface area (Å²) in [6, 6.07) is 73.5. The first kappa shape index (κ1) is 33.4. The van der Waals surface area contributed by atoms with Crippen molar-refractivity contribution in [1.29, 1.82) is 5.26 Å². The maximum absolute atomic E-state index is 9.44. The molecule has 0 fully saturated rings. The summed E-state index contributed by atoms with van der Waals surface area (Å²) in [6.07, 6.45) is 4.44. The first-order valence-corrected chi connectivity index (χ1v) is 19.6. The number of nitrogens with zero attached hydrogens (tertiary/aromatic N) is 3. The van der Waals surface area contributed by atoms with Gasteiger partial charge in [-0.05, 0) is 128 Å². The van der Waals surface area contributed by atoms with Crippen LogP contribution in [-0.4, -0.2) is 4.57 Å². The fourth-order valence-corrected chi connectivity index (χ4v) is 8.85. The number of hydrogen-bond donors (Lipinski definition) is 0. The average Bonchev–Trinajstić information content (AvgIpc) is 3.64. The van der Waals surface area contributed by atoms with Crippen molar-refractivity contribution in [3.05, 3.63) is 217 Å². The van der Waals surface area contributed by atoms with E-state index in [9.17, 15) is 5.26 Å². The highest BCUT2D eigenvalue weighted by Gasteiger charge is 2.19. The number of hydrogen-bond acceptors (Lipinski definition) is 2. The van der Waals surface area contributed by atoms with Crippen molar-refractivity contribution < 1.29 is 0 Å². The van der Waals surface area contributed by atoms with Crippen LogP contribution >= 0.6 is 0 Å². The standard InChI is InChI=1S/C55H35N3/c56-36-38-20-28-46(29-21-38)57(44-11-3-1-4-12-44)51-32-27-39(47-15-7-8-16-49(47)51)22-18-37-19-23-42-35-43(25-24-41(42)34-37)48-31-33-53-55-50(48)30-26-40-10-9-17-52(54(40)55)58(53)45-13-5-2-6-14-45/h1-35H/b22-18+. The van der Waals surface area contributed by atoms with E-state index in [0.717, 1.165) is 33.6 Å². The second kappa shape index (κ2) is 13.7. The summed E-state index contributed by atoms with van der Waals surface area (Å²) in [7, 11) is 0. The summed E-state index contributed by atoms with van der Waals surface area (Å²) in [6.45, 7) is 0. The molecule has 3 nitrogen and oxygen atoms in total. The van der Waals surface area contributed by atoms with Crippen molar-refractivity contribution in [3.63, 3.8) is 0 Å². The van der Waals surface area contributed by atoms with Crippen LogP contribution in [-0.2, 0) is 0 Å². The molecule has 10 aromatic carbocycles. The van der Waals surface area contributed by atoms with Crippen LogP contribution in [0.2, 0.25) is 0 Å². The highest BCUT2D eigenvalue weighted by molar-refractivity contribution is 6.26. The third-order valence-electron chi connectivity index (χ3n) is 11.5. The molecular formula is C55H35N3. The maximum Gasteiger partial charge on any atom is 0.0991 e. The lowest BCUT2D eigenvalue weighted by molar-refractivity contribution is 1.18. The molecule has 0 radical (unpaired) electrons. The number of aromatic nitrogens is 1. The number of para-hydroxylation sites is 2. The Hall–Kier alpha value is -7.93. The van der Waals surface area contributed by atoms with Crippen molar-refractivity contribution in [3.8, 4) is 22.9 Å². The van der Waals surface area contributed by atoms with Crippen molar-refractivity contribution in [1.82, 2.24) is 4.57 Å². The van der Waals surface area contributed by atoms with E-state index in [1.807, 2.05) is 30.3 Å². The molecule has 0 atom stereocenters. The van der Waals surface area contributed by atoms with Crippen LogP contribution in [0.15, 0.2) is 200 Å². The van der Waals surface area contributed by atoms with Gasteiger partial charge in [-0.25, -0.2) is 0 Å². The lowest BCUT2D eigenvalue weighted by atomic mass is 9.93. The Kier molecular flexibility index (Phi) is 7.88. The minimum Gasteiger partial charge on any atom is -0.310 e. The van der Waals surface area contributed by atoms with Gasteiger partial charge in [0, 0.05) is 33.2 Å². The van der Waals surface area contributed by atoms with Gasteiger partial charge >= 0.3 is 0 Å². The Labute approximate surface area is 336 Å². The summed E-state index contributed by atoms with van der Waals surface area (Å²) in [5, 5.41) is 19.4. The van der Waals surface area contributed by atoms with Gasteiger partial charge in [-0.2, -0.15) is 5.26 Å². The highest BCUT2D eigenvalue weighted by atomic mass is 15.1. The zero-order valence-corrected chi connectivity index (χ0v) is 31.5. The molecule has 58 heavy (non-hydrogen) atoms. The van der Waals surface area contributed by atoms with Crippen molar-refractivity contribution in [2.45, 2.75) is 0 Å². The van der Waals surface area contributed by atoms with Crippen LogP contribution in [0, 0.1) is 11.3 Å². The van der Waals surface area contributed by atoms with Gasteiger partial charge in [0.1, 0.15) is 0 Å². The Balaban J connectivity index is 0.944. The van der Waals surface area contributed by atoms with Crippen LogP contribution in [0.25, 0.3) is 83.1 Å². The largest absolute Gasteiger partial charge is 0.310 e. The predicted molar refractivity (Wildman–Crippen MR) is 245 cm³/mol. The Morgan fingerprint density at radius 1 is 0.466 bits per heavy atom. The van der Waals surface area contributed by atoms with Gasteiger partial charge in [0.2, 0.25) is 0 Å². The number of anilines is 3. The Morgan fingerprint density at radius 2 is 1.17 bits per heavy atom. The normalized spacial score (nSPS) is 11.7. The van der Waals surface area contributed by atoms with Crippen LogP contribution in [0.5, 0.6) is 0 Å². The van der Waals surface area contributed by atoms with Crippen LogP contribution in [0.1, 0.15) is 16.7 Å². The molecule has 0 aliphatic heterocycles. The molecule has 270 valence electrons. The van der Waals surface area contributed by atoms with E-state index in [1.54, 1.807) is 0 Å². The van der Waals surface area contributed by atoms with Gasteiger partial charge in [0.05, 0.1) is 28.4 Å². The van der Waals surface area contributed by atoms with E-state index >= 15 is 0 Å². The van der Waals surface area contributed by atoms with Gasteiger partial charge in [0.25, 0.3) is 0 Å². The lowest BCUT2D eigenvalue weighted by Crippen LogP contribution is -2.10. The van der Waals surface area contributed by atoms with Crippen molar-refractivity contribution in [2.24, 2.45) is 0 Å². The van der Waals surface area contributed by atoms with E-state index < -0.39 is 0 Å². The molecule has 0 N–H and O–H groups in total. The molecular weight excluding hydrogens is 703 g/mol. The van der Waals surface area contributed by atoms with Crippen molar-refractivity contribution >= 4 is 83.3 Å². The number of benzene rings is 10. The summed E-state index contributed by atoms with van der Waals surface area (Å²) in [4.78, 5) is 2.26. The second-order valence-electron chi connectivity index (χ2n) is 14.9. The molecule has 1 aromatic heterocycles. The SMILES string of the molecule is N#Cc1ccc(N(c2ccccc2)c2ccc(/C=C/c3ccc4cc(-c5ccc6c7c5ccc5cccc(c57)n6-c5ccccc5)ccc4c3)c3ccccc23)cc1. The summed E-state index contributed by atoms with van der Waals surface area (Å²) in [5.74, 6) is 0. The Morgan fingerprint density at radius 3 is 2.00 bits per heavy atom. The molecule has 0 aliphatic rings. The monoisotopic (exact) mass is 737 g/mol. The number of fused-ring (bicyclic) bond motifs is 2. The minimum atomic E-state index is 0.641. The van der Waals surface area contributed by atoms with Gasteiger partial charge in [0.15, 0.2) is 0 Å². The number of nitriles is 1. The molecule has 0 bridgehead atoms. The van der Waals surface area contributed by atoms with E-state index in [-0.39, 0.29) is 0 Å². The Bertz CT molecular complexity index is 3390. The molecule has 0 unspecified atom stereocenters. The predicted octanol–water partition coefficient (Wildman–Crippen LogP) is 14.9. The van der Waals surface area contributed by atoms with E-state index in [0.29, 0.717) is 5.56 Å². The van der Waals surface area contributed by atoms with Crippen LogP contribution in [0.4, 0.5) is 17.1 Å². The third-order valence-corrected chi connectivity index (χ3v) is 11.5. The minimum absolute atomic E-state index is 0.641. The quantitative estimate of drug-likeness (QED) is 0.120. The van der Waals surface area contributed by atoms with Crippen LogP contribution in [0.3, 0.4) is 0 Å². The first-order valence-electron chi connectivity index (χ1n) is 19.6. The van der Waals surface area contributed by atoms with E-state index in [4.69, 9.17) is 0 Å². The zero-order chi connectivity index (χ0) is 38.6. The average molecular weight is 738 g/mol. The summed E-state index contributed by atoms with van der Waals surface area (Å²) in [5.41, 5.74) is 12.2. The van der Waals surface area contributed by atoms with Gasteiger partial charge in [-0.1, -0.05) is 133 Å². The molecule has 11 rings (SSSR count).